The molecule has 0 saturated carbocycles. The van der Waals surface area contributed by atoms with Crippen LogP contribution in [0.3, 0.4) is 0 Å². The molecular formula is C23H26N3O3P. The van der Waals surface area contributed by atoms with Gasteiger partial charge in [-0.3, -0.25) is 9.46 Å². The first-order valence-electron chi connectivity index (χ1n) is 10.4. The number of hydrogen-bond donors (Lipinski definition) is 0. The van der Waals surface area contributed by atoms with E-state index in [4.69, 9.17) is 9.15 Å². The summed E-state index contributed by atoms with van der Waals surface area (Å²) >= 11 is 0. The minimum Gasteiger partial charge on any atom is -0.467 e. The zero-order valence-electron chi connectivity index (χ0n) is 16.8. The smallest absolute Gasteiger partial charge is 0.287 e. The van der Waals surface area contributed by atoms with Gasteiger partial charge >= 0.3 is 0 Å². The Bertz CT molecular complexity index is 940. The van der Waals surface area contributed by atoms with E-state index in [1.807, 2.05) is 72.8 Å². The van der Waals surface area contributed by atoms with Crippen LogP contribution in [0.1, 0.15) is 11.5 Å². The summed E-state index contributed by atoms with van der Waals surface area (Å²) in [7, 11) is -3.16. The molecule has 2 aromatic carbocycles. The van der Waals surface area contributed by atoms with E-state index in [2.05, 4.69) is 14.2 Å². The summed E-state index contributed by atoms with van der Waals surface area (Å²) in [4.78, 5) is 2.26. The second kappa shape index (κ2) is 8.31. The third-order valence-corrected chi connectivity index (χ3v) is 9.30. The molecule has 6 nitrogen and oxygen atoms in total. The Morgan fingerprint density at radius 2 is 1.30 bits per heavy atom. The van der Waals surface area contributed by atoms with Crippen LogP contribution < -0.4 is 9.34 Å². The van der Waals surface area contributed by atoms with Gasteiger partial charge in [0.15, 0.2) is 5.78 Å². The highest BCUT2D eigenvalue weighted by atomic mass is 31.2. The zero-order valence-corrected chi connectivity index (χ0v) is 17.7. The summed E-state index contributed by atoms with van der Waals surface area (Å²) in [5, 5.41) is 0. The van der Waals surface area contributed by atoms with E-state index in [0.29, 0.717) is 26.3 Å². The maximum absolute atomic E-state index is 15.3. The lowest BCUT2D eigenvalue weighted by Gasteiger charge is -2.43. The quantitative estimate of drug-likeness (QED) is 0.548. The molecule has 0 N–H and O–H groups in total. The number of para-hydroxylation sites is 2. The molecule has 7 heteroatoms. The Balaban J connectivity index is 1.66. The molecule has 1 aromatic heterocycles. The van der Waals surface area contributed by atoms with Gasteiger partial charge in [-0.15, -0.1) is 0 Å². The number of hydrogen-bond acceptors (Lipinski definition) is 4. The summed E-state index contributed by atoms with van der Waals surface area (Å²) < 4.78 is 31.0. The molecule has 156 valence electrons. The third kappa shape index (κ3) is 3.35. The van der Waals surface area contributed by atoms with Gasteiger partial charge in [0, 0.05) is 37.6 Å². The predicted octanol–water partition coefficient (Wildman–Crippen LogP) is 4.83. The van der Waals surface area contributed by atoms with Gasteiger partial charge in [-0.2, -0.15) is 0 Å². The number of ether oxygens (including phenoxy) is 1. The lowest BCUT2D eigenvalue weighted by Crippen LogP contribution is -2.42. The van der Waals surface area contributed by atoms with Crippen molar-refractivity contribution in [2.75, 3.05) is 48.7 Å². The van der Waals surface area contributed by atoms with Crippen LogP contribution in [0, 0.1) is 0 Å². The Labute approximate surface area is 177 Å². The summed E-state index contributed by atoms with van der Waals surface area (Å²) in [6, 6.07) is 24.0. The molecular weight excluding hydrogens is 397 g/mol. The molecule has 0 amide bonds. The van der Waals surface area contributed by atoms with Gasteiger partial charge in [-0.05, 0) is 36.4 Å². The molecule has 5 rings (SSSR count). The van der Waals surface area contributed by atoms with Crippen molar-refractivity contribution in [3.63, 3.8) is 0 Å². The molecule has 2 fully saturated rings. The molecule has 2 saturated heterocycles. The van der Waals surface area contributed by atoms with Crippen molar-refractivity contribution in [1.29, 1.82) is 0 Å². The highest BCUT2D eigenvalue weighted by molar-refractivity contribution is 7.67. The van der Waals surface area contributed by atoms with Gasteiger partial charge in [-0.1, -0.05) is 36.4 Å². The lowest BCUT2D eigenvalue weighted by atomic mass is 10.3. The second-order valence-electron chi connectivity index (χ2n) is 7.54. The molecule has 2 aliphatic rings. The first-order chi connectivity index (χ1) is 14.8. The summed E-state index contributed by atoms with van der Waals surface area (Å²) in [5.74, 6) is 0.364. The normalized spacial score (nSPS) is 20.4. The van der Waals surface area contributed by atoms with Gasteiger partial charge in [0.05, 0.1) is 19.5 Å². The van der Waals surface area contributed by atoms with Crippen molar-refractivity contribution >= 4 is 18.8 Å². The number of rotatable bonds is 5. The summed E-state index contributed by atoms with van der Waals surface area (Å²) in [5.41, 5.74) is 1.95. The Hall–Kier alpha value is -2.53. The van der Waals surface area contributed by atoms with Crippen LogP contribution in [0.5, 0.6) is 0 Å². The minimum absolute atomic E-state index is 0.376. The second-order valence-corrected chi connectivity index (χ2v) is 10.2. The van der Waals surface area contributed by atoms with Crippen LogP contribution in [-0.2, 0) is 9.30 Å². The van der Waals surface area contributed by atoms with E-state index in [-0.39, 0.29) is 5.78 Å². The fourth-order valence-electron chi connectivity index (χ4n) is 4.48. The molecule has 0 aliphatic carbocycles. The predicted molar refractivity (Wildman–Crippen MR) is 119 cm³/mol. The number of morpholine rings is 1. The lowest BCUT2D eigenvalue weighted by molar-refractivity contribution is 0.0271. The van der Waals surface area contributed by atoms with E-state index >= 15 is 4.57 Å². The Morgan fingerprint density at radius 3 is 1.80 bits per heavy atom. The van der Waals surface area contributed by atoms with Gasteiger partial charge in [-0.25, -0.2) is 0 Å². The van der Waals surface area contributed by atoms with Crippen LogP contribution in [0.4, 0.5) is 11.4 Å². The van der Waals surface area contributed by atoms with Crippen molar-refractivity contribution in [3.05, 3.63) is 84.8 Å². The van der Waals surface area contributed by atoms with Crippen LogP contribution in [-0.4, -0.2) is 44.3 Å². The third-order valence-electron chi connectivity index (χ3n) is 5.83. The summed E-state index contributed by atoms with van der Waals surface area (Å²) in [6.07, 6.45) is 1.67. The summed E-state index contributed by atoms with van der Waals surface area (Å²) in [6.45, 7) is 4.10. The first kappa shape index (κ1) is 19.4. The number of anilines is 2. The molecule has 0 bridgehead atoms. The fraction of sp³-hybridized carbons (Fsp3) is 0.304. The Morgan fingerprint density at radius 1 is 0.733 bits per heavy atom. The average Bonchev–Trinajstić information content (AvgIpc) is 3.44. The van der Waals surface area contributed by atoms with Crippen molar-refractivity contribution in [3.8, 4) is 0 Å². The van der Waals surface area contributed by atoms with E-state index in [9.17, 15) is 0 Å². The highest BCUT2D eigenvalue weighted by Gasteiger charge is 2.53. The molecule has 0 spiro atoms. The zero-order chi connectivity index (χ0) is 20.4. The average molecular weight is 423 g/mol. The number of furan rings is 1. The molecule has 2 aliphatic heterocycles. The van der Waals surface area contributed by atoms with Gasteiger partial charge < -0.3 is 18.5 Å². The Kier molecular flexibility index (Phi) is 5.38. The topological polar surface area (TPSA) is 49.2 Å². The van der Waals surface area contributed by atoms with E-state index in [1.165, 1.54) is 0 Å². The SMILES string of the molecule is O=P1([C@@H](c2ccco2)N2CCOCC2)N(c2ccccc2)CCN1c1ccccc1. The standard InChI is InChI=1S/C23H26N3O3P/c27-30(23(22-12-7-17-29-22)24-15-18-28-19-16-24)25(20-8-3-1-4-9-20)13-14-26(30)21-10-5-2-6-11-21/h1-12,17,23H,13-16,18-19H2/t23-/m0/s1. The molecule has 3 heterocycles. The van der Waals surface area contributed by atoms with Gasteiger partial charge in [0.2, 0.25) is 0 Å². The molecule has 3 aromatic rings. The van der Waals surface area contributed by atoms with Crippen LogP contribution in [0.2, 0.25) is 0 Å². The molecule has 30 heavy (non-hydrogen) atoms. The van der Waals surface area contributed by atoms with E-state index < -0.39 is 7.44 Å². The monoisotopic (exact) mass is 423 g/mol. The van der Waals surface area contributed by atoms with Crippen molar-refractivity contribution in [1.82, 2.24) is 4.90 Å². The molecule has 0 unspecified atom stereocenters. The first-order valence-corrected chi connectivity index (χ1v) is 12.1. The van der Waals surface area contributed by atoms with Crippen LogP contribution in [0.15, 0.2) is 83.5 Å². The molecule has 1 atom stereocenters. The van der Waals surface area contributed by atoms with Crippen molar-refractivity contribution in [2.24, 2.45) is 0 Å². The number of nitrogens with zero attached hydrogens (tertiary/aromatic N) is 3. The highest BCUT2D eigenvalue weighted by Crippen LogP contribution is 2.69. The van der Waals surface area contributed by atoms with Gasteiger partial charge in [0.25, 0.3) is 7.44 Å². The minimum atomic E-state index is -3.16. The number of benzene rings is 2. The van der Waals surface area contributed by atoms with Crippen molar-refractivity contribution in [2.45, 2.75) is 5.78 Å². The fourth-order valence-corrected chi connectivity index (χ4v) is 8.08. The molecule has 0 radical (unpaired) electrons. The largest absolute Gasteiger partial charge is 0.467 e. The maximum atomic E-state index is 15.3. The van der Waals surface area contributed by atoms with Gasteiger partial charge in [0.1, 0.15) is 5.76 Å². The maximum Gasteiger partial charge on any atom is 0.287 e. The van der Waals surface area contributed by atoms with Crippen LogP contribution in [0.25, 0.3) is 0 Å². The van der Waals surface area contributed by atoms with E-state index in [0.717, 1.165) is 30.2 Å². The van der Waals surface area contributed by atoms with Crippen molar-refractivity contribution < 1.29 is 13.7 Å². The van der Waals surface area contributed by atoms with Crippen LogP contribution >= 0.6 is 7.44 Å². The van der Waals surface area contributed by atoms with E-state index in [1.54, 1.807) is 6.26 Å².